The molecule has 0 saturated carbocycles. The van der Waals surface area contributed by atoms with Crippen LogP contribution in [-0.2, 0) is 4.79 Å². The van der Waals surface area contributed by atoms with Crippen LogP contribution in [0.5, 0.6) is 0 Å². The average Bonchev–Trinajstić information content (AvgIpc) is 3.12. The Morgan fingerprint density at radius 2 is 2.12 bits per heavy atom. The zero-order chi connectivity index (χ0) is 16.7. The number of hydrogen-bond acceptors (Lipinski definition) is 5. The number of nitrogens with zero attached hydrogens (tertiary/aromatic N) is 5. The Labute approximate surface area is 143 Å². The maximum atomic E-state index is 12.7. The predicted octanol–water partition coefficient (Wildman–Crippen LogP) is 2.30. The van der Waals surface area contributed by atoms with Gasteiger partial charge in [-0.25, -0.2) is 0 Å². The molecule has 4 rings (SSSR count). The van der Waals surface area contributed by atoms with Gasteiger partial charge >= 0.3 is 0 Å². The second-order valence-electron chi connectivity index (χ2n) is 5.69. The highest BCUT2D eigenvalue weighted by molar-refractivity contribution is 6.31. The normalized spacial score (nSPS) is 17.7. The molecule has 0 radical (unpaired) electrons. The molecular weight excluding hydrogens is 328 g/mol. The number of aryl methyl sites for hydroxylation is 1. The highest BCUT2D eigenvalue weighted by Gasteiger charge is 2.32. The largest absolute Gasteiger partial charge is 0.357 e. The van der Waals surface area contributed by atoms with Gasteiger partial charge in [-0.2, -0.15) is 4.52 Å². The van der Waals surface area contributed by atoms with Gasteiger partial charge in [-0.15, -0.1) is 15.3 Å². The van der Waals surface area contributed by atoms with Crippen LogP contribution in [0.15, 0.2) is 36.4 Å². The summed E-state index contributed by atoms with van der Waals surface area (Å²) in [4.78, 5) is 14.4. The van der Waals surface area contributed by atoms with Crippen molar-refractivity contribution in [3.8, 4) is 0 Å². The number of nitrogens with one attached hydrogen (secondary N) is 1. The van der Waals surface area contributed by atoms with Crippen molar-refractivity contribution in [1.82, 2.24) is 19.8 Å². The van der Waals surface area contributed by atoms with E-state index in [2.05, 4.69) is 20.6 Å². The van der Waals surface area contributed by atoms with Gasteiger partial charge in [0.2, 0.25) is 5.91 Å². The highest BCUT2D eigenvalue weighted by atomic mass is 35.5. The fourth-order valence-electron chi connectivity index (χ4n) is 2.87. The molecule has 122 valence electrons. The molecule has 1 aliphatic heterocycles. The zero-order valence-corrected chi connectivity index (χ0v) is 13.7. The van der Waals surface area contributed by atoms with Gasteiger partial charge in [-0.3, -0.25) is 4.79 Å². The molecule has 7 nitrogen and oxygen atoms in total. The summed E-state index contributed by atoms with van der Waals surface area (Å²) in [6.45, 7) is 2.48. The summed E-state index contributed by atoms with van der Waals surface area (Å²) in [6, 6.07) is 10.6. The van der Waals surface area contributed by atoms with Crippen LogP contribution in [0, 0.1) is 6.92 Å². The van der Waals surface area contributed by atoms with Crippen molar-refractivity contribution in [3.63, 3.8) is 0 Å². The zero-order valence-electron chi connectivity index (χ0n) is 13.0. The predicted molar refractivity (Wildman–Crippen MR) is 91.4 cm³/mol. The van der Waals surface area contributed by atoms with Crippen LogP contribution in [0.1, 0.15) is 12.2 Å². The lowest BCUT2D eigenvalue weighted by Crippen LogP contribution is -2.33. The molecule has 0 aliphatic carbocycles. The minimum atomic E-state index is -0.314. The second kappa shape index (κ2) is 5.76. The van der Waals surface area contributed by atoms with Crippen LogP contribution in [0.4, 0.5) is 11.5 Å². The van der Waals surface area contributed by atoms with E-state index in [0.717, 1.165) is 5.69 Å². The van der Waals surface area contributed by atoms with Crippen LogP contribution in [0.2, 0.25) is 5.02 Å². The topological polar surface area (TPSA) is 75.4 Å². The number of hydrogen-bond donors (Lipinski definition) is 1. The number of carbonyl (C=O) groups excluding carboxylic acids is 1. The van der Waals surface area contributed by atoms with Crippen LogP contribution in [0.3, 0.4) is 0 Å². The summed E-state index contributed by atoms with van der Waals surface area (Å²) in [5, 5.41) is 16.2. The van der Waals surface area contributed by atoms with Crippen molar-refractivity contribution in [2.45, 2.75) is 19.4 Å². The fraction of sp³-hybridized carbons (Fsp3) is 0.250. The molecule has 24 heavy (non-hydrogen) atoms. The van der Waals surface area contributed by atoms with Gasteiger partial charge in [-0.1, -0.05) is 17.7 Å². The summed E-state index contributed by atoms with van der Waals surface area (Å²) in [7, 11) is 0. The first-order valence-corrected chi connectivity index (χ1v) is 8.02. The SMILES string of the molecule is Cc1nnc2ccc(N[C@@H]3CCN(c4cccc(Cl)c4)C3=O)nn12. The minimum Gasteiger partial charge on any atom is -0.357 e. The molecule has 3 aromatic rings. The van der Waals surface area contributed by atoms with Gasteiger partial charge in [-0.05, 0) is 43.7 Å². The van der Waals surface area contributed by atoms with Crippen LogP contribution >= 0.6 is 11.6 Å². The summed E-state index contributed by atoms with van der Waals surface area (Å²) in [5.74, 6) is 1.34. The number of aromatic nitrogens is 4. The summed E-state index contributed by atoms with van der Waals surface area (Å²) < 4.78 is 1.65. The maximum absolute atomic E-state index is 12.7. The molecule has 2 aromatic heterocycles. The first-order valence-electron chi connectivity index (χ1n) is 7.64. The average molecular weight is 343 g/mol. The van der Waals surface area contributed by atoms with E-state index < -0.39 is 0 Å². The molecule has 1 fully saturated rings. The number of amides is 1. The Bertz CT molecular complexity index is 924. The lowest BCUT2D eigenvalue weighted by atomic mass is 10.2. The van der Waals surface area contributed by atoms with Crippen LogP contribution in [0.25, 0.3) is 5.65 Å². The molecule has 3 heterocycles. The molecule has 1 amide bonds. The van der Waals surface area contributed by atoms with E-state index in [1.54, 1.807) is 27.6 Å². The molecular formula is C16H15ClN6O. The van der Waals surface area contributed by atoms with Crippen LogP contribution < -0.4 is 10.2 Å². The number of anilines is 2. The van der Waals surface area contributed by atoms with E-state index in [1.165, 1.54) is 0 Å². The van der Waals surface area contributed by atoms with E-state index in [4.69, 9.17) is 11.6 Å². The summed E-state index contributed by atoms with van der Waals surface area (Å²) in [6.07, 6.45) is 0.701. The number of carbonyl (C=O) groups is 1. The van der Waals surface area contributed by atoms with E-state index >= 15 is 0 Å². The van der Waals surface area contributed by atoms with E-state index in [1.807, 2.05) is 25.1 Å². The van der Waals surface area contributed by atoms with Gasteiger partial charge in [0.05, 0.1) is 0 Å². The third-order valence-corrected chi connectivity index (χ3v) is 4.30. The Balaban J connectivity index is 1.54. The van der Waals surface area contributed by atoms with Gasteiger partial charge in [0.1, 0.15) is 11.9 Å². The molecule has 1 aromatic carbocycles. The van der Waals surface area contributed by atoms with Gasteiger partial charge in [0, 0.05) is 17.3 Å². The molecule has 0 spiro atoms. The Morgan fingerprint density at radius 3 is 2.96 bits per heavy atom. The quantitative estimate of drug-likeness (QED) is 0.790. The number of rotatable bonds is 3. The monoisotopic (exact) mass is 342 g/mol. The Morgan fingerprint density at radius 1 is 1.25 bits per heavy atom. The van der Waals surface area contributed by atoms with Gasteiger partial charge < -0.3 is 10.2 Å². The van der Waals surface area contributed by atoms with Crippen LogP contribution in [-0.4, -0.2) is 38.3 Å². The highest BCUT2D eigenvalue weighted by Crippen LogP contribution is 2.25. The van der Waals surface area contributed by atoms with Crippen molar-refractivity contribution in [2.75, 3.05) is 16.8 Å². The lowest BCUT2D eigenvalue weighted by molar-refractivity contribution is -0.117. The Hall–Kier alpha value is -2.67. The first-order chi connectivity index (χ1) is 11.6. The molecule has 1 N–H and O–H groups in total. The standard InChI is InChI=1S/C16H15ClN6O/c1-10-19-20-15-6-5-14(21-23(10)15)18-13-7-8-22(16(13)24)12-4-2-3-11(17)9-12/h2-6,9,13H,7-8H2,1H3,(H,18,21)/t13-/m1/s1. The lowest BCUT2D eigenvalue weighted by Gasteiger charge is -2.17. The number of halogens is 1. The maximum Gasteiger partial charge on any atom is 0.249 e. The van der Waals surface area contributed by atoms with E-state index in [0.29, 0.717) is 35.3 Å². The van der Waals surface area contributed by atoms with Crippen molar-refractivity contribution in [3.05, 3.63) is 47.2 Å². The fourth-order valence-corrected chi connectivity index (χ4v) is 3.05. The van der Waals surface area contributed by atoms with E-state index in [9.17, 15) is 4.79 Å². The Kier molecular flexibility index (Phi) is 3.57. The van der Waals surface area contributed by atoms with Gasteiger partial charge in [0.15, 0.2) is 11.5 Å². The minimum absolute atomic E-state index is 0.0136. The van der Waals surface area contributed by atoms with Crippen molar-refractivity contribution in [2.24, 2.45) is 0 Å². The summed E-state index contributed by atoms with van der Waals surface area (Å²) in [5.41, 5.74) is 1.49. The van der Waals surface area contributed by atoms with Crippen molar-refractivity contribution in [1.29, 1.82) is 0 Å². The number of benzene rings is 1. The molecule has 1 saturated heterocycles. The smallest absolute Gasteiger partial charge is 0.249 e. The molecule has 8 heteroatoms. The number of fused-ring (bicyclic) bond motifs is 1. The first kappa shape index (κ1) is 14.9. The second-order valence-corrected chi connectivity index (χ2v) is 6.13. The van der Waals surface area contributed by atoms with Crippen molar-refractivity contribution < 1.29 is 4.79 Å². The van der Waals surface area contributed by atoms with E-state index in [-0.39, 0.29) is 11.9 Å². The molecule has 1 atom stereocenters. The molecule has 0 bridgehead atoms. The molecule has 0 unspecified atom stereocenters. The third kappa shape index (κ3) is 2.56. The van der Waals surface area contributed by atoms with Gasteiger partial charge in [0.25, 0.3) is 0 Å². The molecule has 1 aliphatic rings. The third-order valence-electron chi connectivity index (χ3n) is 4.07. The summed E-state index contributed by atoms with van der Waals surface area (Å²) >= 11 is 6.02. The van der Waals surface area contributed by atoms with Crippen molar-refractivity contribution >= 4 is 34.7 Å².